The highest BCUT2D eigenvalue weighted by Crippen LogP contribution is 2.21. The number of nitrogens with one attached hydrogen (secondary N) is 2. The minimum Gasteiger partial charge on any atom is -0.493 e. The van der Waals surface area contributed by atoms with Gasteiger partial charge >= 0.3 is 0 Å². The number of carbonyl (C=O) groups excluding carboxylic acids is 2. The molecule has 0 bridgehead atoms. The predicted molar refractivity (Wildman–Crippen MR) is 101 cm³/mol. The van der Waals surface area contributed by atoms with Crippen LogP contribution < -0.4 is 15.4 Å². The summed E-state index contributed by atoms with van der Waals surface area (Å²) >= 11 is 0. The highest BCUT2D eigenvalue weighted by atomic mass is 16.5. The average molecular weight is 368 g/mol. The van der Waals surface area contributed by atoms with Crippen molar-refractivity contribution >= 4 is 11.8 Å². The Balaban J connectivity index is 1.73. The summed E-state index contributed by atoms with van der Waals surface area (Å²) in [7, 11) is 0. The van der Waals surface area contributed by atoms with Gasteiger partial charge in [0.1, 0.15) is 11.8 Å². The molecule has 2 N–H and O–H groups in total. The molecular formula is C20H24N4O3. The van der Waals surface area contributed by atoms with Gasteiger partial charge < -0.3 is 20.3 Å². The average Bonchev–Trinajstić information content (AvgIpc) is 2.73. The van der Waals surface area contributed by atoms with Crippen LogP contribution in [0.5, 0.6) is 5.75 Å². The molecule has 1 atom stereocenters. The molecule has 27 heavy (non-hydrogen) atoms. The van der Waals surface area contributed by atoms with Crippen LogP contribution in [-0.2, 0) is 11.3 Å². The molecule has 1 aliphatic heterocycles. The van der Waals surface area contributed by atoms with Gasteiger partial charge in [0, 0.05) is 25.8 Å². The second-order valence-corrected chi connectivity index (χ2v) is 6.19. The maximum absolute atomic E-state index is 13.1. The van der Waals surface area contributed by atoms with Gasteiger partial charge in [-0.2, -0.15) is 0 Å². The lowest BCUT2D eigenvalue weighted by Gasteiger charge is -2.35. The van der Waals surface area contributed by atoms with Crippen LogP contribution in [0.25, 0.3) is 0 Å². The molecule has 7 nitrogen and oxygen atoms in total. The Hall–Kier alpha value is -2.93. The Morgan fingerprint density at radius 3 is 2.85 bits per heavy atom. The molecule has 1 fully saturated rings. The summed E-state index contributed by atoms with van der Waals surface area (Å²) in [5.41, 5.74) is 1.25. The summed E-state index contributed by atoms with van der Waals surface area (Å²) in [6.45, 7) is 4.19. The van der Waals surface area contributed by atoms with E-state index in [0.29, 0.717) is 44.1 Å². The van der Waals surface area contributed by atoms with Gasteiger partial charge in [-0.25, -0.2) is 0 Å². The topological polar surface area (TPSA) is 83.6 Å². The maximum Gasteiger partial charge on any atom is 0.258 e. The Morgan fingerprint density at radius 2 is 2.07 bits per heavy atom. The van der Waals surface area contributed by atoms with E-state index in [0.717, 1.165) is 5.69 Å². The van der Waals surface area contributed by atoms with Crippen LogP contribution >= 0.6 is 0 Å². The predicted octanol–water partition coefficient (Wildman–Crippen LogP) is 1.21. The second-order valence-electron chi connectivity index (χ2n) is 6.19. The van der Waals surface area contributed by atoms with Crippen molar-refractivity contribution in [3.05, 3.63) is 59.9 Å². The number of para-hydroxylation sites is 1. The lowest BCUT2D eigenvalue weighted by atomic mass is 10.1. The number of nitrogens with zero attached hydrogens (tertiary/aromatic N) is 2. The molecule has 1 aromatic heterocycles. The summed E-state index contributed by atoms with van der Waals surface area (Å²) < 4.78 is 5.58. The SMILES string of the molecule is CCOc1ccccc1C(=O)N1CCNC[C@@H]1C(=O)NCc1ccccn1. The number of hydrogen-bond donors (Lipinski definition) is 2. The van der Waals surface area contributed by atoms with Crippen molar-refractivity contribution in [3.63, 3.8) is 0 Å². The van der Waals surface area contributed by atoms with E-state index in [-0.39, 0.29) is 11.8 Å². The van der Waals surface area contributed by atoms with Crippen LogP contribution in [0.4, 0.5) is 0 Å². The summed E-state index contributed by atoms with van der Waals surface area (Å²) in [4.78, 5) is 31.6. The Labute approximate surface area is 158 Å². The molecule has 3 rings (SSSR count). The van der Waals surface area contributed by atoms with Gasteiger partial charge in [-0.1, -0.05) is 18.2 Å². The molecule has 2 aromatic rings. The van der Waals surface area contributed by atoms with Crippen molar-refractivity contribution in [3.8, 4) is 5.75 Å². The van der Waals surface area contributed by atoms with E-state index in [9.17, 15) is 9.59 Å². The molecule has 0 aliphatic carbocycles. The zero-order valence-corrected chi connectivity index (χ0v) is 15.4. The number of pyridine rings is 1. The van der Waals surface area contributed by atoms with Crippen molar-refractivity contribution in [1.29, 1.82) is 0 Å². The number of benzene rings is 1. The maximum atomic E-state index is 13.1. The standard InChI is InChI=1S/C20H24N4O3/c1-2-27-18-9-4-3-8-16(18)20(26)24-12-11-21-14-17(24)19(25)23-13-15-7-5-6-10-22-15/h3-10,17,21H,2,11-14H2,1H3,(H,23,25)/t17-/m1/s1. The minimum absolute atomic E-state index is 0.196. The zero-order chi connectivity index (χ0) is 19.1. The van der Waals surface area contributed by atoms with Gasteiger partial charge in [0.25, 0.3) is 5.91 Å². The number of ether oxygens (including phenoxy) is 1. The highest BCUT2D eigenvalue weighted by molar-refractivity contribution is 5.99. The molecule has 0 saturated carbocycles. The Kier molecular flexibility index (Phi) is 6.38. The molecule has 2 heterocycles. The molecule has 1 saturated heterocycles. The quantitative estimate of drug-likeness (QED) is 0.801. The smallest absolute Gasteiger partial charge is 0.258 e. The normalized spacial score (nSPS) is 16.6. The lowest BCUT2D eigenvalue weighted by Crippen LogP contribution is -2.59. The summed E-state index contributed by atoms with van der Waals surface area (Å²) in [5.74, 6) is 0.143. The number of carbonyl (C=O) groups is 2. The third-order valence-corrected chi connectivity index (χ3v) is 4.39. The first-order valence-electron chi connectivity index (χ1n) is 9.12. The van der Waals surface area contributed by atoms with Crippen LogP contribution in [0.3, 0.4) is 0 Å². The molecule has 7 heteroatoms. The van der Waals surface area contributed by atoms with E-state index in [1.807, 2.05) is 31.2 Å². The Bertz CT molecular complexity index is 782. The number of hydrogen-bond acceptors (Lipinski definition) is 5. The highest BCUT2D eigenvalue weighted by Gasteiger charge is 2.33. The molecule has 142 valence electrons. The van der Waals surface area contributed by atoms with Crippen LogP contribution in [0.15, 0.2) is 48.7 Å². The number of piperazine rings is 1. The molecule has 1 aromatic carbocycles. The molecule has 0 spiro atoms. The largest absolute Gasteiger partial charge is 0.493 e. The fraction of sp³-hybridized carbons (Fsp3) is 0.350. The molecule has 2 amide bonds. The third-order valence-electron chi connectivity index (χ3n) is 4.39. The van der Waals surface area contributed by atoms with Gasteiger partial charge in [0.2, 0.25) is 5.91 Å². The van der Waals surface area contributed by atoms with Crippen LogP contribution in [0, 0.1) is 0 Å². The number of amides is 2. The lowest BCUT2D eigenvalue weighted by molar-refractivity contribution is -0.126. The molecular weight excluding hydrogens is 344 g/mol. The summed E-state index contributed by atoms with van der Waals surface area (Å²) in [6.07, 6.45) is 1.68. The van der Waals surface area contributed by atoms with Gasteiger partial charge in [-0.15, -0.1) is 0 Å². The fourth-order valence-corrected chi connectivity index (χ4v) is 3.06. The van der Waals surface area contributed by atoms with Crippen LogP contribution in [0.1, 0.15) is 23.0 Å². The van der Waals surface area contributed by atoms with E-state index < -0.39 is 6.04 Å². The zero-order valence-electron chi connectivity index (χ0n) is 15.4. The van der Waals surface area contributed by atoms with E-state index in [4.69, 9.17) is 4.74 Å². The minimum atomic E-state index is -0.579. The van der Waals surface area contributed by atoms with E-state index in [2.05, 4.69) is 15.6 Å². The number of aromatic nitrogens is 1. The van der Waals surface area contributed by atoms with E-state index in [1.165, 1.54) is 0 Å². The van der Waals surface area contributed by atoms with Crippen molar-refractivity contribution < 1.29 is 14.3 Å². The number of rotatable bonds is 6. The van der Waals surface area contributed by atoms with Crippen LogP contribution in [-0.4, -0.2) is 54.0 Å². The van der Waals surface area contributed by atoms with E-state index in [1.54, 1.807) is 29.3 Å². The fourth-order valence-electron chi connectivity index (χ4n) is 3.06. The molecule has 0 unspecified atom stereocenters. The van der Waals surface area contributed by atoms with Crippen LogP contribution in [0.2, 0.25) is 0 Å². The Morgan fingerprint density at radius 1 is 1.26 bits per heavy atom. The van der Waals surface area contributed by atoms with Gasteiger partial charge in [0.15, 0.2) is 0 Å². The first-order chi connectivity index (χ1) is 13.2. The van der Waals surface area contributed by atoms with Crippen molar-refractivity contribution in [2.75, 3.05) is 26.2 Å². The molecule has 1 aliphatic rings. The van der Waals surface area contributed by atoms with Crippen molar-refractivity contribution in [1.82, 2.24) is 20.5 Å². The van der Waals surface area contributed by atoms with E-state index >= 15 is 0 Å². The van der Waals surface area contributed by atoms with Gasteiger partial charge in [-0.3, -0.25) is 14.6 Å². The summed E-state index contributed by atoms with van der Waals surface area (Å²) in [6, 6.07) is 12.1. The van der Waals surface area contributed by atoms with Gasteiger partial charge in [0.05, 0.1) is 24.4 Å². The molecule has 0 radical (unpaired) electrons. The first-order valence-corrected chi connectivity index (χ1v) is 9.12. The third kappa shape index (κ3) is 4.62. The van der Waals surface area contributed by atoms with Gasteiger partial charge in [-0.05, 0) is 31.2 Å². The van der Waals surface area contributed by atoms with Crippen molar-refractivity contribution in [2.24, 2.45) is 0 Å². The van der Waals surface area contributed by atoms with Crippen molar-refractivity contribution in [2.45, 2.75) is 19.5 Å². The first kappa shape index (κ1) is 18.8. The monoisotopic (exact) mass is 368 g/mol. The second kappa shape index (κ2) is 9.14. The summed E-state index contributed by atoms with van der Waals surface area (Å²) in [5, 5.41) is 6.07.